The first kappa shape index (κ1) is 21.6. The molecular weight excluding hydrogens is 360 g/mol. The Hall–Kier alpha value is -0.260. The second-order valence-electron chi connectivity index (χ2n) is 14.6. The quantitative estimate of drug-likeness (QED) is 0.378. The van der Waals surface area contributed by atoms with Crippen molar-refractivity contribution in [1.82, 2.24) is 0 Å². The van der Waals surface area contributed by atoms with Crippen LogP contribution >= 0.6 is 0 Å². The fourth-order valence-electron chi connectivity index (χ4n) is 11.3. The minimum atomic E-state index is 0.444. The zero-order valence-corrected chi connectivity index (χ0v) is 21.5. The Labute approximate surface area is 188 Å². The van der Waals surface area contributed by atoms with Gasteiger partial charge >= 0.3 is 0 Å². The fraction of sp³-hybridized carbons (Fsp3) is 0.933. The highest BCUT2D eigenvalue weighted by molar-refractivity contribution is 5.29. The summed E-state index contributed by atoms with van der Waals surface area (Å²) >= 11 is 0. The molecule has 0 aromatic carbocycles. The number of fused-ring (bicyclic) bond motifs is 7. The molecule has 30 heavy (non-hydrogen) atoms. The third kappa shape index (κ3) is 2.46. The van der Waals surface area contributed by atoms with Gasteiger partial charge in [-0.3, -0.25) is 0 Å². The van der Waals surface area contributed by atoms with E-state index in [1.807, 2.05) is 5.57 Å². The van der Waals surface area contributed by atoms with E-state index in [9.17, 15) is 0 Å². The molecule has 5 rings (SSSR count). The van der Waals surface area contributed by atoms with Crippen molar-refractivity contribution in [2.75, 3.05) is 0 Å². The lowest BCUT2D eigenvalue weighted by Gasteiger charge is -2.71. The Morgan fingerprint density at radius 1 is 0.733 bits per heavy atom. The van der Waals surface area contributed by atoms with E-state index in [-0.39, 0.29) is 0 Å². The Balaban J connectivity index is 1.55. The lowest BCUT2D eigenvalue weighted by Crippen LogP contribution is -2.64. The zero-order valence-electron chi connectivity index (χ0n) is 21.5. The van der Waals surface area contributed by atoms with E-state index in [0.717, 1.165) is 29.6 Å². The molecule has 0 aromatic rings. The molecule has 0 heteroatoms. The van der Waals surface area contributed by atoms with Crippen LogP contribution in [0.4, 0.5) is 0 Å². The average Bonchev–Trinajstić information content (AvgIpc) is 3.02. The molecule has 0 saturated heterocycles. The molecule has 0 unspecified atom stereocenters. The summed E-state index contributed by atoms with van der Waals surface area (Å²) < 4.78 is 0. The van der Waals surface area contributed by atoms with Gasteiger partial charge in [-0.05, 0) is 114 Å². The largest absolute Gasteiger partial charge is 0.0842 e. The molecule has 0 aliphatic heterocycles. The predicted octanol–water partition coefficient (Wildman–Crippen LogP) is 9.05. The van der Waals surface area contributed by atoms with Crippen LogP contribution in [0, 0.1) is 56.7 Å². The van der Waals surface area contributed by atoms with E-state index in [2.05, 4.69) is 61.5 Å². The second-order valence-corrected chi connectivity index (χ2v) is 14.6. The number of hydrogen-bond acceptors (Lipinski definition) is 0. The first-order valence-corrected chi connectivity index (χ1v) is 13.6. The molecule has 0 radical (unpaired) electrons. The molecule has 0 heterocycles. The maximum Gasteiger partial charge on any atom is -0.0141 e. The van der Waals surface area contributed by atoms with Crippen molar-refractivity contribution in [3.63, 3.8) is 0 Å². The molecule has 0 N–H and O–H groups in total. The summed E-state index contributed by atoms with van der Waals surface area (Å²) in [6.45, 7) is 21.1. The SMILES string of the molecule is CC(C)[C@H]1CC[C@@H]2[C@]1(C)CC[C@]1(C)[C@H]3CC=C4[C@H](CCCC4(C)C)[C@]3(C)CC[C@@]21C. The van der Waals surface area contributed by atoms with E-state index in [4.69, 9.17) is 0 Å². The van der Waals surface area contributed by atoms with Crippen LogP contribution < -0.4 is 0 Å². The molecule has 0 bridgehead atoms. The number of hydrogen-bond donors (Lipinski definition) is 0. The Morgan fingerprint density at radius 3 is 2.03 bits per heavy atom. The van der Waals surface area contributed by atoms with Crippen molar-refractivity contribution in [1.29, 1.82) is 0 Å². The van der Waals surface area contributed by atoms with Crippen LogP contribution in [0.3, 0.4) is 0 Å². The van der Waals surface area contributed by atoms with Crippen molar-refractivity contribution in [3.05, 3.63) is 11.6 Å². The molecule has 0 aromatic heterocycles. The van der Waals surface area contributed by atoms with Crippen LogP contribution in [0.1, 0.15) is 120 Å². The highest BCUT2D eigenvalue weighted by atomic mass is 14.7. The van der Waals surface area contributed by atoms with Crippen molar-refractivity contribution >= 4 is 0 Å². The zero-order chi connectivity index (χ0) is 21.7. The minimum absolute atomic E-state index is 0.444. The first-order valence-electron chi connectivity index (χ1n) is 13.6. The van der Waals surface area contributed by atoms with Crippen molar-refractivity contribution in [2.24, 2.45) is 56.7 Å². The molecule has 0 spiro atoms. The van der Waals surface area contributed by atoms with Gasteiger partial charge in [0.05, 0.1) is 0 Å². The molecule has 4 fully saturated rings. The topological polar surface area (TPSA) is 0 Å². The Kier molecular flexibility index (Phi) is 4.61. The van der Waals surface area contributed by atoms with Crippen LogP contribution in [-0.4, -0.2) is 0 Å². The van der Waals surface area contributed by atoms with Gasteiger partial charge in [-0.1, -0.05) is 73.5 Å². The molecule has 5 aliphatic rings. The van der Waals surface area contributed by atoms with Crippen LogP contribution in [0.5, 0.6) is 0 Å². The molecule has 4 saturated carbocycles. The van der Waals surface area contributed by atoms with Gasteiger partial charge in [-0.25, -0.2) is 0 Å². The smallest absolute Gasteiger partial charge is 0.0141 e. The summed E-state index contributed by atoms with van der Waals surface area (Å²) in [4.78, 5) is 0. The summed E-state index contributed by atoms with van der Waals surface area (Å²) in [6.07, 6.45) is 17.4. The lowest BCUT2D eigenvalue weighted by atomic mass is 9.33. The lowest BCUT2D eigenvalue weighted by molar-refractivity contribution is -0.212. The summed E-state index contributed by atoms with van der Waals surface area (Å²) in [5.41, 5.74) is 4.52. The highest BCUT2D eigenvalue weighted by Gasteiger charge is 2.69. The summed E-state index contributed by atoms with van der Waals surface area (Å²) in [7, 11) is 0. The van der Waals surface area contributed by atoms with Crippen LogP contribution in [0.15, 0.2) is 11.6 Å². The monoisotopic (exact) mass is 410 g/mol. The standard InChI is InChI=1S/C30H50/c1-20(2)21-11-13-24-27(21,5)16-18-30(8)25-14-12-22-23(10-9-15-26(22,3)4)28(25,6)17-19-29(24,30)7/h12,20-21,23-25H,9-11,13-19H2,1-8H3/t21-,23+,24-,25+,27-,28+,29+,30-/m1/s1. The van der Waals surface area contributed by atoms with Gasteiger partial charge in [0.1, 0.15) is 0 Å². The van der Waals surface area contributed by atoms with E-state index in [0.29, 0.717) is 27.1 Å². The van der Waals surface area contributed by atoms with E-state index in [1.54, 1.807) is 0 Å². The number of allylic oxidation sites excluding steroid dienone is 2. The molecule has 5 aliphatic carbocycles. The van der Waals surface area contributed by atoms with Crippen molar-refractivity contribution < 1.29 is 0 Å². The fourth-order valence-corrected chi connectivity index (χ4v) is 11.3. The maximum atomic E-state index is 2.78. The summed E-state index contributed by atoms with van der Waals surface area (Å²) in [6, 6.07) is 0. The highest BCUT2D eigenvalue weighted by Crippen LogP contribution is 2.77. The van der Waals surface area contributed by atoms with Gasteiger partial charge in [0, 0.05) is 0 Å². The normalized spacial score (nSPS) is 54.6. The molecule has 170 valence electrons. The first-order chi connectivity index (χ1) is 13.9. The van der Waals surface area contributed by atoms with E-state index < -0.39 is 0 Å². The minimum Gasteiger partial charge on any atom is -0.0842 e. The van der Waals surface area contributed by atoms with Gasteiger partial charge < -0.3 is 0 Å². The maximum absolute atomic E-state index is 2.78. The third-order valence-corrected chi connectivity index (χ3v) is 13.0. The molecule has 8 atom stereocenters. The van der Waals surface area contributed by atoms with Gasteiger partial charge in [0.2, 0.25) is 0 Å². The second kappa shape index (κ2) is 6.41. The van der Waals surface area contributed by atoms with Gasteiger partial charge in [0.25, 0.3) is 0 Å². The van der Waals surface area contributed by atoms with Gasteiger partial charge in [0.15, 0.2) is 0 Å². The van der Waals surface area contributed by atoms with E-state index in [1.165, 1.54) is 64.2 Å². The van der Waals surface area contributed by atoms with Crippen LogP contribution in [-0.2, 0) is 0 Å². The third-order valence-electron chi connectivity index (χ3n) is 13.0. The van der Waals surface area contributed by atoms with Crippen LogP contribution in [0.2, 0.25) is 0 Å². The Morgan fingerprint density at radius 2 is 1.37 bits per heavy atom. The van der Waals surface area contributed by atoms with Crippen LogP contribution in [0.25, 0.3) is 0 Å². The predicted molar refractivity (Wildman–Crippen MR) is 129 cm³/mol. The van der Waals surface area contributed by atoms with Crippen molar-refractivity contribution in [3.8, 4) is 0 Å². The van der Waals surface area contributed by atoms with Gasteiger partial charge in [-0.2, -0.15) is 0 Å². The van der Waals surface area contributed by atoms with Crippen molar-refractivity contribution in [2.45, 2.75) is 120 Å². The summed E-state index contributed by atoms with van der Waals surface area (Å²) in [5.74, 6) is 4.52. The average molecular weight is 411 g/mol. The molecule has 0 amide bonds. The Bertz CT molecular complexity index is 741. The molecular formula is C30H50. The van der Waals surface area contributed by atoms with Gasteiger partial charge in [-0.15, -0.1) is 0 Å². The molecule has 0 nitrogen and oxygen atoms in total. The summed E-state index contributed by atoms with van der Waals surface area (Å²) in [5, 5.41) is 0. The van der Waals surface area contributed by atoms with E-state index >= 15 is 0 Å². The number of rotatable bonds is 1.